The van der Waals surface area contributed by atoms with Gasteiger partial charge in [0, 0.05) is 17.3 Å². The van der Waals surface area contributed by atoms with E-state index in [0.29, 0.717) is 35.8 Å². The molecule has 0 unspecified atom stereocenters. The molecule has 0 fully saturated rings. The second kappa shape index (κ2) is 7.77. The van der Waals surface area contributed by atoms with E-state index in [-0.39, 0.29) is 0 Å². The molecule has 0 radical (unpaired) electrons. The highest BCUT2D eigenvalue weighted by atomic mass is 16.5. The summed E-state index contributed by atoms with van der Waals surface area (Å²) < 4.78 is 11.6. The van der Waals surface area contributed by atoms with E-state index in [1.807, 2.05) is 26.0 Å². The number of nitrogens with zero attached hydrogens (tertiary/aromatic N) is 2. The van der Waals surface area contributed by atoms with Crippen molar-refractivity contribution in [1.29, 1.82) is 5.26 Å². The third-order valence-electron chi connectivity index (χ3n) is 5.03. The van der Waals surface area contributed by atoms with Gasteiger partial charge in [-0.2, -0.15) is 5.26 Å². The fraction of sp³-hybridized carbons (Fsp3) is 0.304. The van der Waals surface area contributed by atoms with E-state index in [9.17, 15) is 5.26 Å². The van der Waals surface area contributed by atoms with E-state index >= 15 is 0 Å². The van der Waals surface area contributed by atoms with Crippen molar-refractivity contribution in [1.82, 2.24) is 4.98 Å². The summed E-state index contributed by atoms with van der Waals surface area (Å²) in [6.45, 7) is 4.92. The fourth-order valence-electron chi connectivity index (χ4n) is 3.79. The maximum Gasteiger partial charge on any atom is 0.187 e. The zero-order chi connectivity index (χ0) is 19.5. The molecule has 0 bridgehead atoms. The second-order valence-corrected chi connectivity index (χ2v) is 6.78. The van der Waals surface area contributed by atoms with Crippen molar-refractivity contribution < 1.29 is 9.47 Å². The van der Waals surface area contributed by atoms with Gasteiger partial charge in [-0.15, -0.1) is 0 Å². The monoisotopic (exact) mass is 373 g/mol. The van der Waals surface area contributed by atoms with Crippen LogP contribution in [-0.4, -0.2) is 18.2 Å². The quantitative estimate of drug-likeness (QED) is 0.648. The normalized spacial score (nSPS) is 12.5. The van der Waals surface area contributed by atoms with Crippen LogP contribution in [0.2, 0.25) is 0 Å². The minimum atomic E-state index is 0.500. The molecule has 1 N–H and O–H groups in total. The molecule has 3 aromatic rings. The summed E-state index contributed by atoms with van der Waals surface area (Å²) in [6, 6.07) is 12.5. The van der Waals surface area contributed by atoms with Crippen molar-refractivity contribution in [2.45, 2.75) is 33.1 Å². The van der Waals surface area contributed by atoms with Crippen LogP contribution in [0.25, 0.3) is 10.9 Å². The number of ether oxygens (including phenoxy) is 2. The number of hydrogen-bond donors (Lipinski definition) is 1. The number of benzene rings is 2. The molecule has 0 saturated carbocycles. The van der Waals surface area contributed by atoms with Crippen molar-refractivity contribution in [2.75, 3.05) is 18.5 Å². The van der Waals surface area contributed by atoms with Gasteiger partial charge in [0.2, 0.25) is 0 Å². The number of rotatable bonds is 6. The molecule has 0 aliphatic heterocycles. The Balaban J connectivity index is 1.84. The molecule has 1 aliphatic carbocycles. The topological polar surface area (TPSA) is 67.2 Å². The van der Waals surface area contributed by atoms with E-state index in [0.717, 1.165) is 29.6 Å². The number of hydrogen-bond acceptors (Lipinski definition) is 5. The van der Waals surface area contributed by atoms with Gasteiger partial charge < -0.3 is 14.8 Å². The molecule has 1 aromatic heterocycles. The van der Waals surface area contributed by atoms with Gasteiger partial charge >= 0.3 is 0 Å². The van der Waals surface area contributed by atoms with Crippen LogP contribution in [0.5, 0.6) is 11.5 Å². The van der Waals surface area contributed by atoms with Gasteiger partial charge in [-0.05, 0) is 68.5 Å². The summed E-state index contributed by atoms with van der Waals surface area (Å²) in [4.78, 5) is 4.51. The van der Waals surface area contributed by atoms with Gasteiger partial charge in [-0.25, -0.2) is 0 Å². The van der Waals surface area contributed by atoms with Crippen LogP contribution < -0.4 is 14.8 Å². The fourth-order valence-corrected chi connectivity index (χ4v) is 3.79. The van der Waals surface area contributed by atoms with Crippen molar-refractivity contribution in [3.8, 4) is 17.6 Å². The first kappa shape index (κ1) is 18.1. The predicted molar refractivity (Wildman–Crippen MR) is 111 cm³/mol. The summed E-state index contributed by atoms with van der Waals surface area (Å²) in [5, 5.41) is 13.9. The maximum atomic E-state index is 9.64. The SMILES string of the molecule is CCOc1ccc2c(Nc3ccc4c(c3)CCC4)c(C#N)cnc2c1OCC. The average Bonchev–Trinajstić information content (AvgIpc) is 3.18. The summed E-state index contributed by atoms with van der Waals surface area (Å²) in [5.41, 5.74) is 5.72. The molecular weight excluding hydrogens is 350 g/mol. The van der Waals surface area contributed by atoms with Crippen LogP contribution in [0.3, 0.4) is 0 Å². The van der Waals surface area contributed by atoms with Gasteiger partial charge in [-0.3, -0.25) is 4.98 Å². The van der Waals surface area contributed by atoms with Crippen molar-refractivity contribution in [2.24, 2.45) is 0 Å². The van der Waals surface area contributed by atoms with E-state index in [2.05, 4.69) is 34.6 Å². The molecule has 5 heteroatoms. The maximum absolute atomic E-state index is 9.64. The Labute approximate surface area is 164 Å². The summed E-state index contributed by atoms with van der Waals surface area (Å²) >= 11 is 0. The molecule has 4 rings (SSSR count). The zero-order valence-corrected chi connectivity index (χ0v) is 16.2. The molecule has 0 spiro atoms. The molecule has 142 valence electrons. The third kappa shape index (κ3) is 3.22. The van der Waals surface area contributed by atoms with Crippen molar-refractivity contribution in [3.63, 3.8) is 0 Å². The molecule has 28 heavy (non-hydrogen) atoms. The Morgan fingerprint density at radius 3 is 2.68 bits per heavy atom. The summed E-state index contributed by atoms with van der Waals surface area (Å²) in [6.07, 6.45) is 5.06. The Morgan fingerprint density at radius 1 is 1.07 bits per heavy atom. The van der Waals surface area contributed by atoms with Crippen LogP contribution in [-0.2, 0) is 12.8 Å². The second-order valence-electron chi connectivity index (χ2n) is 6.78. The molecule has 5 nitrogen and oxygen atoms in total. The number of pyridine rings is 1. The Hall–Kier alpha value is -3.26. The van der Waals surface area contributed by atoms with Gasteiger partial charge in [0.1, 0.15) is 11.6 Å². The summed E-state index contributed by atoms with van der Waals surface area (Å²) in [5.74, 6) is 1.28. The minimum absolute atomic E-state index is 0.500. The lowest BCUT2D eigenvalue weighted by molar-refractivity contribution is 0.290. The largest absolute Gasteiger partial charge is 0.490 e. The number of anilines is 2. The number of aromatic nitrogens is 1. The lowest BCUT2D eigenvalue weighted by Gasteiger charge is -2.16. The highest BCUT2D eigenvalue weighted by molar-refractivity contribution is 5.99. The number of nitrogens with one attached hydrogen (secondary N) is 1. The lowest BCUT2D eigenvalue weighted by atomic mass is 10.1. The molecule has 1 aliphatic rings. The van der Waals surface area contributed by atoms with Crippen molar-refractivity contribution in [3.05, 3.63) is 53.2 Å². The molecule has 0 saturated heterocycles. The van der Waals surface area contributed by atoms with Gasteiger partial charge in [0.05, 0.1) is 24.5 Å². The Morgan fingerprint density at radius 2 is 1.89 bits per heavy atom. The number of aryl methyl sites for hydroxylation is 2. The standard InChI is InChI=1S/C23H23N3O2/c1-3-27-20-11-10-19-21(17(13-24)14-25-22(19)23(20)28-4-2)26-18-9-8-15-6-5-7-16(15)12-18/h8-12,14H,3-7H2,1-2H3,(H,25,26). The number of fused-ring (bicyclic) bond motifs is 2. The van der Waals surface area contributed by atoms with Crippen LogP contribution >= 0.6 is 0 Å². The first-order valence-corrected chi connectivity index (χ1v) is 9.75. The van der Waals surface area contributed by atoms with Crippen LogP contribution in [0.1, 0.15) is 37.0 Å². The Bertz CT molecular complexity index is 1070. The van der Waals surface area contributed by atoms with E-state index in [4.69, 9.17) is 9.47 Å². The van der Waals surface area contributed by atoms with Crippen LogP contribution in [0.15, 0.2) is 36.5 Å². The third-order valence-corrected chi connectivity index (χ3v) is 5.03. The molecule has 0 atom stereocenters. The van der Waals surface area contributed by atoms with Gasteiger partial charge in [0.15, 0.2) is 11.5 Å². The number of nitriles is 1. The van der Waals surface area contributed by atoms with Crippen LogP contribution in [0, 0.1) is 11.3 Å². The average molecular weight is 373 g/mol. The van der Waals surface area contributed by atoms with Crippen LogP contribution in [0.4, 0.5) is 11.4 Å². The van der Waals surface area contributed by atoms with E-state index in [1.54, 1.807) is 6.20 Å². The minimum Gasteiger partial charge on any atom is -0.490 e. The first-order chi connectivity index (χ1) is 13.7. The summed E-state index contributed by atoms with van der Waals surface area (Å²) in [7, 11) is 0. The highest BCUT2D eigenvalue weighted by Crippen LogP contribution is 2.39. The lowest BCUT2D eigenvalue weighted by Crippen LogP contribution is -2.02. The predicted octanol–water partition coefficient (Wildman–Crippen LogP) is 5.14. The molecule has 0 amide bonds. The zero-order valence-electron chi connectivity index (χ0n) is 16.2. The molecule has 1 heterocycles. The van der Waals surface area contributed by atoms with Gasteiger partial charge in [0.25, 0.3) is 0 Å². The molecule has 2 aromatic carbocycles. The van der Waals surface area contributed by atoms with E-state index < -0.39 is 0 Å². The van der Waals surface area contributed by atoms with Crippen molar-refractivity contribution >= 4 is 22.3 Å². The molecular formula is C23H23N3O2. The smallest absolute Gasteiger partial charge is 0.187 e. The van der Waals surface area contributed by atoms with E-state index in [1.165, 1.54) is 17.5 Å². The Kier molecular flexibility index (Phi) is 5.03. The van der Waals surface area contributed by atoms with Gasteiger partial charge in [-0.1, -0.05) is 6.07 Å². The first-order valence-electron chi connectivity index (χ1n) is 9.75. The highest BCUT2D eigenvalue weighted by Gasteiger charge is 2.18.